The second-order valence-corrected chi connectivity index (χ2v) is 7.31. The molecule has 1 aromatic heterocycles. The SMILES string of the molecule is C#N.CC.Cc1ccc(-c2cc(F)c(CN3CCC(C)(CC#N)C(F)C3)cc2O)o1. The van der Waals surface area contributed by atoms with Gasteiger partial charge in [-0.15, -0.1) is 0 Å². The first-order valence-corrected chi connectivity index (χ1v) is 9.90. The predicted molar refractivity (Wildman–Crippen MR) is 112 cm³/mol. The number of nitriles is 2. The summed E-state index contributed by atoms with van der Waals surface area (Å²) in [4.78, 5) is 1.82. The minimum atomic E-state index is -1.14. The molecule has 0 saturated carbocycles. The summed E-state index contributed by atoms with van der Waals surface area (Å²) in [5, 5.41) is 25.6. The topological polar surface area (TPSA) is 84.2 Å². The van der Waals surface area contributed by atoms with Crippen molar-refractivity contribution in [3.63, 3.8) is 0 Å². The van der Waals surface area contributed by atoms with E-state index in [1.165, 1.54) is 12.1 Å². The summed E-state index contributed by atoms with van der Waals surface area (Å²) < 4.78 is 34.5. The van der Waals surface area contributed by atoms with Gasteiger partial charge in [0.05, 0.1) is 11.6 Å². The molecule has 30 heavy (non-hydrogen) atoms. The van der Waals surface area contributed by atoms with Gasteiger partial charge in [0, 0.05) is 37.1 Å². The Bertz CT molecular complexity index is 888. The number of halogens is 2. The zero-order chi connectivity index (χ0) is 22.9. The average Bonchev–Trinajstić information content (AvgIpc) is 3.17. The Kier molecular flexibility index (Phi) is 9.49. The van der Waals surface area contributed by atoms with E-state index >= 15 is 0 Å². The van der Waals surface area contributed by atoms with Crippen LogP contribution in [-0.4, -0.2) is 29.3 Å². The number of phenols is 1. The summed E-state index contributed by atoms with van der Waals surface area (Å²) in [7, 11) is 0. The predicted octanol–water partition coefficient (Wildman–Crippen LogP) is 5.73. The summed E-state index contributed by atoms with van der Waals surface area (Å²) in [5.41, 5.74) is -0.0407. The molecule has 1 fully saturated rings. The molecule has 3 rings (SSSR count). The highest BCUT2D eigenvalue weighted by Gasteiger charge is 2.39. The Morgan fingerprint density at radius 3 is 2.53 bits per heavy atom. The van der Waals surface area contributed by atoms with Gasteiger partial charge in [0.25, 0.3) is 0 Å². The Morgan fingerprint density at radius 2 is 2.00 bits per heavy atom. The summed E-state index contributed by atoms with van der Waals surface area (Å²) in [6, 6.07) is 8.10. The van der Waals surface area contributed by atoms with E-state index in [1.54, 1.807) is 26.0 Å². The van der Waals surface area contributed by atoms with Crippen molar-refractivity contribution < 1.29 is 18.3 Å². The zero-order valence-electron chi connectivity index (χ0n) is 18.0. The number of furan rings is 1. The molecular weight excluding hydrogens is 388 g/mol. The van der Waals surface area contributed by atoms with Crippen molar-refractivity contribution in [3.8, 4) is 29.7 Å². The third kappa shape index (κ3) is 5.81. The van der Waals surface area contributed by atoms with Crippen molar-refractivity contribution in [3.05, 3.63) is 41.4 Å². The number of phenolic OH excluding ortho intramolecular Hbond substituents is 1. The molecule has 1 aromatic carbocycles. The fourth-order valence-electron chi connectivity index (χ4n) is 3.38. The minimum Gasteiger partial charge on any atom is -0.507 e. The van der Waals surface area contributed by atoms with Crippen molar-refractivity contribution in [2.45, 2.75) is 53.3 Å². The lowest BCUT2D eigenvalue weighted by Gasteiger charge is -2.41. The second-order valence-electron chi connectivity index (χ2n) is 7.31. The van der Waals surface area contributed by atoms with E-state index in [2.05, 4.69) is 12.6 Å². The van der Waals surface area contributed by atoms with E-state index < -0.39 is 17.4 Å². The fourth-order valence-corrected chi connectivity index (χ4v) is 3.38. The van der Waals surface area contributed by atoms with Crippen LogP contribution >= 0.6 is 0 Å². The van der Waals surface area contributed by atoms with Gasteiger partial charge < -0.3 is 9.52 Å². The molecule has 2 heterocycles. The third-order valence-corrected chi connectivity index (χ3v) is 5.22. The molecule has 0 aliphatic carbocycles. The molecular formula is C23H29F2N3O2. The number of benzene rings is 1. The molecule has 162 valence electrons. The van der Waals surface area contributed by atoms with E-state index in [9.17, 15) is 13.9 Å². The molecule has 2 aromatic rings. The monoisotopic (exact) mass is 417 g/mol. The van der Waals surface area contributed by atoms with Crippen molar-refractivity contribution in [1.29, 1.82) is 10.5 Å². The number of aromatic hydroxyl groups is 1. The Balaban J connectivity index is 0.00000106. The van der Waals surface area contributed by atoms with Crippen LogP contribution < -0.4 is 0 Å². The van der Waals surface area contributed by atoms with Gasteiger partial charge >= 0.3 is 0 Å². The number of likely N-dealkylation sites (tertiary alicyclic amines) is 1. The highest BCUT2D eigenvalue weighted by molar-refractivity contribution is 5.66. The van der Waals surface area contributed by atoms with Gasteiger partial charge in [-0.25, -0.2) is 14.0 Å². The van der Waals surface area contributed by atoms with Crippen LogP contribution in [0.5, 0.6) is 5.75 Å². The normalized spacial score (nSPS) is 20.8. The van der Waals surface area contributed by atoms with E-state index in [1.807, 2.05) is 18.7 Å². The smallest absolute Gasteiger partial charge is 0.138 e. The zero-order valence-corrected chi connectivity index (χ0v) is 18.0. The summed E-state index contributed by atoms with van der Waals surface area (Å²) in [6.07, 6.45) is -0.425. The van der Waals surface area contributed by atoms with E-state index in [-0.39, 0.29) is 25.3 Å². The van der Waals surface area contributed by atoms with Gasteiger partial charge in [-0.05, 0) is 44.2 Å². The Hall–Kier alpha value is -2.90. The van der Waals surface area contributed by atoms with Gasteiger partial charge in [0.2, 0.25) is 0 Å². The van der Waals surface area contributed by atoms with Crippen molar-refractivity contribution in [2.24, 2.45) is 5.41 Å². The highest BCUT2D eigenvalue weighted by Crippen LogP contribution is 2.38. The van der Waals surface area contributed by atoms with Crippen LogP contribution in [0.25, 0.3) is 11.3 Å². The first-order chi connectivity index (χ1) is 14.3. The Labute approximate surface area is 177 Å². The van der Waals surface area contributed by atoms with Gasteiger partial charge in [0.1, 0.15) is 29.3 Å². The van der Waals surface area contributed by atoms with Gasteiger partial charge in [-0.3, -0.25) is 4.90 Å². The maximum Gasteiger partial charge on any atom is 0.138 e. The van der Waals surface area contributed by atoms with E-state index in [0.29, 0.717) is 35.6 Å². The molecule has 1 aliphatic rings. The number of piperidine rings is 1. The molecule has 7 heteroatoms. The molecule has 0 radical (unpaired) electrons. The maximum atomic E-state index is 14.5. The van der Waals surface area contributed by atoms with Crippen molar-refractivity contribution in [1.82, 2.24) is 4.90 Å². The lowest BCUT2D eigenvalue weighted by molar-refractivity contribution is 0.0182. The van der Waals surface area contributed by atoms with E-state index in [0.717, 1.165) is 0 Å². The quantitative estimate of drug-likeness (QED) is 0.687. The van der Waals surface area contributed by atoms with Crippen LogP contribution in [0.2, 0.25) is 0 Å². The van der Waals surface area contributed by atoms with Crippen LogP contribution in [-0.2, 0) is 6.54 Å². The first kappa shape index (κ1) is 25.1. The molecule has 2 atom stereocenters. The lowest BCUT2D eigenvalue weighted by atomic mass is 9.76. The van der Waals surface area contributed by atoms with Crippen LogP contribution in [0.4, 0.5) is 8.78 Å². The number of aryl methyl sites for hydroxylation is 1. The molecule has 1 saturated heterocycles. The molecule has 5 nitrogen and oxygen atoms in total. The van der Waals surface area contributed by atoms with Crippen LogP contribution in [0.3, 0.4) is 0 Å². The molecule has 1 N–H and O–H groups in total. The van der Waals surface area contributed by atoms with Crippen molar-refractivity contribution >= 4 is 0 Å². The largest absolute Gasteiger partial charge is 0.507 e. The summed E-state index contributed by atoms with van der Waals surface area (Å²) >= 11 is 0. The van der Waals surface area contributed by atoms with Gasteiger partial charge in [-0.1, -0.05) is 20.8 Å². The van der Waals surface area contributed by atoms with Crippen LogP contribution in [0.1, 0.15) is 44.9 Å². The number of alkyl halides is 1. The third-order valence-electron chi connectivity index (χ3n) is 5.22. The molecule has 2 unspecified atom stereocenters. The fraction of sp³-hybridized carbons (Fsp3) is 0.478. The van der Waals surface area contributed by atoms with Crippen LogP contribution in [0, 0.1) is 41.3 Å². The summed E-state index contributed by atoms with van der Waals surface area (Å²) in [6.45, 7) is 12.0. The second kappa shape index (κ2) is 11.3. The maximum absolute atomic E-state index is 14.5. The van der Waals surface area contributed by atoms with Crippen molar-refractivity contribution in [2.75, 3.05) is 13.1 Å². The van der Waals surface area contributed by atoms with Gasteiger partial charge in [0.15, 0.2) is 0 Å². The standard InChI is InChI=1S/C20H22F2N2O2.C2H6.CHN/c1-13-3-4-18(26-13)15-10-16(21)14(9-17(15)25)11-24-8-6-20(2,5-7-23)19(22)12-24;2*1-2/h3-4,9-10,19,25H,5-6,8,11-12H2,1-2H3;1-2H3;1H. The van der Waals surface area contributed by atoms with Gasteiger partial charge in [-0.2, -0.15) is 5.26 Å². The molecule has 0 bridgehead atoms. The molecule has 1 aliphatic heterocycles. The summed E-state index contributed by atoms with van der Waals surface area (Å²) in [5.74, 6) is 0.539. The number of rotatable bonds is 4. The lowest BCUT2D eigenvalue weighted by Crippen LogP contribution is -2.47. The van der Waals surface area contributed by atoms with E-state index in [4.69, 9.17) is 14.9 Å². The first-order valence-electron chi connectivity index (χ1n) is 9.90. The average molecular weight is 418 g/mol. The van der Waals surface area contributed by atoms with Crippen LogP contribution in [0.15, 0.2) is 28.7 Å². The number of hydrogen-bond acceptors (Lipinski definition) is 5. The molecule has 0 spiro atoms. The minimum absolute atomic E-state index is 0.0705. The number of nitrogens with zero attached hydrogens (tertiary/aromatic N) is 3. The Morgan fingerprint density at radius 1 is 1.33 bits per heavy atom. The highest BCUT2D eigenvalue weighted by atomic mass is 19.1. The number of hydrogen-bond donors (Lipinski definition) is 1. The molecule has 0 amide bonds.